The highest BCUT2D eigenvalue weighted by Crippen LogP contribution is 2.18. The third-order valence-electron chi connectivity index (χ3n) is 1.36. The van der Waals surface area contributed by atoms with E-state index in [0.29, 0.717) is 0 Å². The zero-order valence-electron chi connectivity index (χ0n) is 6.27. The molecule has 4 heteroatoms. The van der Waals surface area contributed by atoms with E-state index in [-0.39, 0.29) is 0 Å². The van der Waals surface area contributed by atoms with Gasteiger partial charge < -0.3 is 0 Å². The van der Waals surface area contributed by atoms with Crippen LogP contribution in [0.3, 0.4) is 0 Å². The first-order valence-corrected chi connectivity index (χ1v) is 4.19. The Morgan fingerprint density at radius 2 is 1.92 bits per heavy atom. The van der Waals surface area contributed by atoms with E-state index < -0.39 is 0 Å². The van der Waals surface area contributed by atoms with E-state index in [9.17, 15) is 0 Å². The minimum Gasteiger partial charge on any atom is -0.144 e. The highest BCUT2D eigenvalue weighted by Gasteiger charge is 1.87. The highest BCUT2D eigenvalue weighted by molar-refractivity contribution is 7.17. The molecule has 0 fully saturated rings. The molecule has 12 heavy (non-hydrogen) atoms. The Hall–Kier alpha value is -1.51. The van der Waals surface area contributed by atoms with Crippen molar-refractivity contribution in [3.63, 3.8) is 0 Å². The molecule has 1 aromatic carbocycles. The van der Waals surface area contributed by atoms with Gasteiger partial charge in [0.05, 0.1) is 0 Å². The molecule has 3 nitrogen and oxygen atoms in total. The maximum atomic E-state index is 6.86. The number of nitrogens with zero attached hydrogens (tertiary/aromatic N) is 2. The van der Waals surface area contributed by atoms with Gasteiger partial charge >= 0.3 is 0 Å². The second-order valence-electron chi connectivity index (χ2n) is 2.06. The summed E-state index contributed by atoms with van der Waals surface area (Å²) in [5.74, 6) is 0. The van der Waals surface area contributed by atoms with Crippen LogP contribution in [0, 0.1) is 5.53 Å². The molecule has 0 unspecified atom stereocenters. The summed E-state index contributed by atoms with van der Waals surface area (Å²) in [6, 6.07) is 10.5. The summed E-state index contributed by atoms with van der Waals surface area (Å²) in [7, 11) is 0. The van der Waals surface area contributed by atoms with Gasteiger partial charge in [-0.2, -0.15) is 0 Å². The topological polar surface area (TPSA) is 60.3 Å². The van der Waals surface area contributed by atoms with Crippen LogP contribution in [0.4, 0.5) is 0 Å². The van der Waals surface area contributed by atoms with Crippen LogP contribution in [-0.2, 0) is 0 Å². The average molecular weight is 177 g/mol. The Kier molecular flexibility index (Phi) is 3.14. The van der Waals surface area contributed by atoms with Gasteiger partial charge in [0, 0.05) is 4.70 Å². The molecule has 1 aromatic heterocycles. The van der Waals surface area contributed by atoms with Crippen molar-refractivity contribution >= 4 is 21.4 Å². The van der Waals surface area contributed by atoms with Crippen LogP contribution >= 0.6 is 11.3 Å². The highest BCUT2D eigenvalue weighted by atomic mass is 32.1. The van der Waals surface area contributed by atoms with Crippen molar-refractivity contribution in [2.45, 2.75) is 0 Å². The average Bonchev–Trinajstić information content (AvgIpc) is 2.52. The molecule has 0 atom stereocenters. The van der Waals surface area contributed by atoms with Crippen LogP contribution in [0.5, 0.6) is 0 Å². The predicted octanol–water partition coefficient (Wildman–Crippen LogP) is 3.78. The zero-order valence-corrected chi connectivity index (χ0v) is 7.08. The lowest BCUT2D eigenvalue weighted by Gasteiger charge is -1.82. The Bertz CT molecular complexity index is 358. The normalized spacial score (nSPS) is 8.33. The molecule has 0 saturated heterocycles. The molecule has 1 N–H and O–H groups in total. The monoisotopic (exact) mass is 177 g/mol. The molecule has 1 heterocycles. The van der Waals surface area contributed by atoms with Crippen LogP contribution < -0.4 is 0 Å². The fourth-order valence-corrected chi connectivity index (χ4v) is 1.70. The third-order valence-corrected chi connectivity index (χ3v) is 2.26. The molecular formula is C8H7N3S. The lowest BCUT2D eigenvalue weighted by Crippen LogP contribution is -1.56. The molecule has 0 amide bonds. The Balaban J connectivity index is 0.000000213. The molecule has 0 spiro atoms. The number of rotatable bonds is 0. The molecule has 0 aliphatic carbocycles. The smallest absolute Gasteiger partial charge is 0.0342 e. The third kappa shape index (κ3) is 1.99. The summed E-state index contributed by atoms with van der Waals surface area (Å²) >= 11 is 1.79. The van der Waals surface area contributed by atoms with Gasteiger partial charge in [0.2, 0.25) is 0 Å². The second kappa shape index (κ2) is 4.38. The summed E-state index contributed by atoms with van der Waals surface area (Å²) in [4.78, 5) is 1.75. The van der Waals surface area contributed by atoms with Gasteiger partial charge in [-0.05, 0) is 33.3 Å². The molecule has 0 bridgehead atoms. The molecule has 2 rings (SSSR count). The van der Waals surface area contributed by atoms with Crippen molar-refractivity contribution < 1.29 is 0 Å². The first-order chi connectivity index (χ1) is 5.88. The SMILES string of the molecule is [N-]=[N+]=N.c1ccc2sccc2c1. The maximum Gasteiger partial charge on any atom is 0.0342 e. The fraction of sp³-hybridized carbons (Fsp3) is 0. The number of thiophene rings is 1. The van der Waals surface area contributed by atoms with Crippen molar-refractivity contribution in [1.82, 2.24) is 0 Å². The van der Waals surface area contributed by atoms with E-state index in [1.807, 2.05) is 0 Å². The van der Waals surface area contributed by atoms with E-state index >= 15 is 0 Å². The van der Waals surface area contributed by atoms with Gasteiger partial charge in [0.1, 0.15) is 0 Å². The molecular weight excluding hydrogens is 170 g/mol. The quantitative estimate of drug-likeness (QED) is 0.361. The first-order valence-electron chi connectivity index (χ1n) is 3.31. The van der Waals surface area contributed by atoms with Crippen LogP contribution in [0.1, 0.15) is 0 Å². The van der Waals surface area contributed by atoms with Gasteiger partial charge in [0.15, 0.2) is 0 Å². The van der Waals surface area contributed by atoms with E-state index in [1.165, 1.54) is 10.1 Å². The summed E-state index contributed by atoms with van der Waals surface area (Å²) in [5, 5.41) is 3.47. The minimum atomic E-state index is 1.35. The van der Waals surface area contributed by atoms with E-state index in [1.54, 1.807) is 16.2 Å². The standard InChI is InChI=1S/C8H6S.HN3/c1-2-4-8-7(3-1)5-6-9-8;1-3-2/h1-6H;1H. The van der Waals surface area contributed by atoms with E-state index in [2.05, 4.69) is 35.7 Å². The van der Waals surface area contributed by atoms with Gasteiger partial charge in [-0.3, -0.25) is 0 Å². The Morgan fingerprint density at radius 3 is 2.58 bits per heavy atom. The van der Waals surface area contributed by atoms with E-state index in [4.69, 9.17) is 11.1 Å². The molecule has 0 aliphatic heterocycles. The van der Waals surface area contributed by atoms with Crippen LogP contribution in [0.2, 0.25) is 0 Å². The van der Waals surface area contributed by atoms with Crippen molar-refractivity contribution in [2.24, 2.45) is 0 Å². The maximum absolute atomic E-state index is 6.86. The lowest BCUT2D eigenvalue weighted by molar-refractivity contribution is 1.45. The molecule has 0 saturated carbocycles. The van der Waals surface area contributed by atoms with Crippen LogP contribution in [0.15, 0.2) is 35.7 Å². The van der Waals surface area contributed by atoms with E-state index in [0.717, 1.165) is 0 Å². The predicted molar refractivity (Wildman–Crippen MR) is 51.3 cm³/mol. The largest absolute Gasteiger partial charge is 0.144 e. The summed E-state index contributed by atoms with van der Waals surface area (Å²) < 4.78 is 1.37. The number of hydrogen-bond donors (Lipinski definition) is 1. The summed E-state index contributed by atoms with van der Waals surface area (Å²) in [6.45, 7) is 0. The van der Waals surface area contributed by atoms with Gasteiger partial charge in [0.25, 0.3) is 0 Å². The van der Waals surface area contributed by atoms with Gasteiger partial charge in [-0.25, -0.2) is 0 Å². The minimum absolute atomic E-state index is 1.35. The molecule has 0 aliphatic rings. The number of fused-ring (bicyclic) bond motifs is 1. The zero-order chi connectivity index (χ0) is 8.81. The lowest BCUT2D eigenvalue weighted by atomic mass is 10.3. The summed E-state index contributed by atoms with van der Waals surface area (Å²) in [5.41, 5.74) is 12.2. The summed E-state index contributed by atoms with van der Waals surface area (Å²) in [6.07, 6.45) is 0. The number of hydrogen-bond acceptors (Lipinski definition) is 2. The second-order valence-corrected chi connectivity index (χ2v) is 3.01. The van der Waals surface area contributed by atoms with Crippen molar-refractivity contribution in [2.75, 3.05) is 0 Å². The van der Waals surface area contributed by atoms with Crippen molar-refractivity contribution in [3.8, 4) is 0 Å². The van der Waals surface area contributed by atoms with Gasteiger partial charge in [-0.1, -0.05) is 18.2 Å². The number of nitrogens with one attached hydrogen (secondary N) is 1. The molecule has 0 radical (unpaired) electrons. The van der Waals surface area contributed by atoms with Crippen molar-refractivity contribution in [3.05, 3.63) is 46.2 Å². The van der Waals surface area contributed by atoms with Crippen molar-refractivity contribution in [1.29, 1.82) is 5.53 Å². The van der Waals surface area contributed by atoms with Crippen LogP contribution in [0.25, 0.3) is 20.5 Å². The van der Waals surface area contributed by atoms with Crippen LogP contribution in [-0.4, -0.2) is 0 Å². The number of benzene rings is 1. The first kappa shape index (κ1) is 8.59. The Labute approximate surface area is 73.7 Å². The van der Waals surface area contributed by atoms with Gasteiger partial charge in [-0.15, -0.1) is 16.9 Å². The molecule has 2 aromatic rings. The fourth-order valence-electron chi connectivity index (χ4n) is 0.906. The molecule has 60 valence electrons. The Morgan fingerprint density at radius 1 is 1.25 bits per heavy atom.